The summed E-state index contributed by atoms with van der Waals surface area (Å²) in [5.74, 6) is 0.940. The van der Waals surface area contributed by atoms with Crippen LogP contribution in [0.15, 0.2) is 34.9 Å². The van der Waals surface area contributed by atoms with Gasteiger partial charge in [-0.1, -0.05) is 12.1 Å². The lowest BCUT2D eigenvalue weighted by atomic mass is 10.3. The van der Waals surface area contributed by atoms with E-state index < -0.39 is 0 Å². The minimum absolute atomic E-state index is 0.593. The number of para-hydroxylation sites is 2. The summed E-state index contributed by atoms with van der Waals surface area (Å²) in [5.41, 5.74) is 3.28. The van der Waals surface area contributed by atoms with Crippen LogP contribution in [0.4, 0.5) is 5.95 Å². The number of hydrogen-bond acceptors (Lipinski definition) is 3. The molecule has 6 heteroatoms. The van der Waals surface area contributed by atoms with Gasteiger partial charge in [0.15, 0.2) is 0 Å². The third kappa shape index (κ3) is 2.00. The van der Waals surface area contributed by atoms with Crippen molar-refractivity contribution >= 4 is 32.9 Å². The number of rotatable bonds is 4. The zero-order valence-corrected chi connectivity index (χ0v) is 12.4. The van der Waals surface area contributed by atoms with E-state index in [0.717, 1.165) is 21.6 Å². The molecule has 0 spiro atoms. The highest BCUT2D eigenvalue weighted by Gasteiger charge is 2.28. The van der Waals surface area contributed by atoms with Crippen LogP contribution in [0.3, 0.4) is 0 Å². The maximum absolute atomic E-state index is 4.71. The number of benzene rings is 1. The van der Waals surface area contributed by atoms with Crippen LogP contribution in [0.1, 0.15) is 24.6 Å². The Balaban J connectivity index is 1.68. The van der Waals surface area contributed by atoms with Gasteiger partial charge in [-0.05, 0) is 40.9 Å². The number of anilines is 1. The average molecular weight is 332 g/mol. The van der Waals surface area contributed by atoms with Gasteiger partial charge in [-0.3, -0.25) is 5.10 Å². The van der Waals surface area contributed by atoms with E-state index in [0.29, 0.717) is 12.6 Å². The highest BCUT2D eigenvalue weighted by molar-refractivity contribution is 9.10. The number of H-pyrrole nitrogens is 1. The average Bonchev–Trinajstić information content (AvgIpc) is 3.10. The summed E-state index contributed by atoms with van der Waals surface area (Å²) < 4.78 is 3.30. The summed E-state index contributed by atoms with van der Waals surface area (Å²) in [7, 11) is 0. The van der Waals surface area contributed by atoms with Gasteiger partial charge in [-0.15, -0.1) is 0 Å². The molecular weight excluding hydrogens is 318 g/mol. The van der Waals surface area contributed by atoms with Crippen LogP contribution in [0.5, 0.6) is 0 Å². The summed E-state index contributed by atoms with van der Waals surface area (Å²) >= 11 is 3.47. The number of nitrogens with zero attached hydrogens (tertiary/aromatic N) is 3. The van der Waals surface area contributed by atoms with Crippen molar-refractivity contribution in [2.75, 3.05) is 5.32 Å². The smallest absolute Gasteiger partial charge is 0.204 e. The SMILES string of the molecule is Brc1cn[nH]c1CNc1nc2ccccc2n1C1CC1. The first-order chi connectivity index (χ1) is 9.83. The number of hydrogen-bond donors (Lipinski definition) is 2. The number of halogens is 1. The second-order valence-electron chi connectivity index (χ2n) is 5.08. The van der Waals surface area contributed by atoms with E-state index in [1.807, 2.05) is 6.07 Å². The van der Waals surface area contributed by atoms with Crippen LogP contribution in [-0.2, 0) is 6.54 Å². The van der Waals surface area contributed by atoms with E-state index in [-0.39, 0.29) is 0 Å². The van der Waals surface area contributed by atoms with Gasteiger partial charge in [0.2, 0.25) is 5.95 Å². The first-order valence-electron chi connectivity index (χ1n) is 6.71. The highest BCUT2D eigenvalue weighted by atomic mass is 79.9. The van der Waals surface area contributed by atoms with Crippen molar-refractivity contribution in [1.82, 2.24) is 19.7 Å². The summed E-state index contributed by atoms with van der Waals surface area (Å²) in [5, 5.41) is 10.4. The van der Waals surface area contributed by atoms with Crippen molar-refractivity contribution in [3.63, 3.8) is 0 Å². The molecule has 3 aromatic rings. The summed E-state index contributed by atoms with van der Waals surface area (Å²) in [4.78, 5) is 4.71. The Morgan fingerprint density at radius 2 is 2.20 bits per heavy atom. The molecule has 102 valence electrons. The Morgan fingerprint density at radius 1 is 1.35 bits per heavy atom. The molecule has 1 saturated carbocycles. The molecular formula is C14H14BrN5. The molecule has 0 aliphatic heterocycles. The molecule has 1 aliphatic carbocycles. The van der Waals surface area contributed by atoms with Gasteiger partial charge < -0.3 is 9.88 Å². The zero-order chi connectivity index (χ0) is 13.5. The lowest BCUT2D eigenvalue weighted by molar-refractivity contribution is 0.765. The fourth-order valence-corrected chi connectivity index (χ4v) is 2.79. The van der Waals surface area contributed by atoms with Crippen LogP contribution in [0, 0.1) is 0 Å². The van der Waals surface area contributed by atoms with E-state index in [4.69, 9.17) is 4.98 Å². The first-order valence-corrected chi connectivity index (χ1v) is 7.51. The van der Waals surface area contributed by atoms with Gasteiger partial charge in [0, 0.05) is 6.04 Å². The van der Waals surface area contributed by atoms with Crippen molar-refractivity contribution in [2.24, 2.45) is 0 Å². The minimum Gasteiger partial charge on any atom is -0.350 e. The molecule has 0 bridgehead atoms. The molecule has 0 atom stereocenters. The van der Waals surface area contributed by atoms with Crippen molar-refractivity contribution in [3.05, 3.63) is 40.6 Å². The Morgan fingerprint density at radius 3 is 2.95 bits per heavy atom. The van der Waals surface area contributed by atoms with Crippen molar-refractivity contribution in [2.45, 2.75) is 25.4 Å². The third-order valence-corrected chi connectivity index (χ3v) is 4.28. The van der Waals surface area contributed by atoms with E-state index >= 15 is 0 Å². The molecule has 5 nitrogen and oxygen atoms in total. The standard InChI is InChI=1S/C14H14BrN5/c15-10-7-17-19-12(10)8-16-14-18-11-3-1-2-4-13(11)20(14)9-5-6-9/h1-4,7,9H,5-6,8H2,(H,16,18)(H,17,19). The maximum atomic E-state index is 4.71. The van der Waals surface area contributed by atoms with Gasteiger partial charge in [-0.25, -0.2) is 4.98 Å². The predicted octanol–water partition coefficient (Wildman–Crippen LogP) is 3.47. The van der Waals surface area contributed by atoms with E-state index in [1.165, 1.54) is 18.4 Å². The predicted molar refractivity (Wildman–Crippen MR) is 81.6 cm³/mol. The minimum atomic E-state index is 0.593. The van der Waals surface area contributed by atoms with Crippen molar-refractivity contribution < 1.29 is 0 Å². The van der Waals surface area contributed by atoms with E-state index in [9.17, 15) is 0 Å². The molecule has 2 heterocycles. The molecule has 0 unspecified atom stereocenters. The van der Waals surface area contributed by atoms with E-state index in [2.05, 4.69) is 54.2 Å². The van der Waals surface area contributed by atoms with Crippen molar-refractivity contribution in [1.29, 1.82) is 0 Å². The normalized spacial score (nSPS) is 14.8. The van der Waals surface area contributed by atoms with Gasteiger partial charge in [0.1, 0.15) is 0 Å². The van der Waals surface area contributed by atoms with Gasteiger partial charge in [-0.2, -0.15) is 5.10 Å². The van der Waals surface area contributed by atoms with Crippen LogP contribution in [-0.4, -0.2) is 19.7 Å². The molecule has 20 heavy (non-hydrogen) atoms. The zero-order valence-electron chi connectivity index (χ0n) is 10.8. The molecule has 0 amide bonds. The van der Waals surface area contributed by atoms with Crippen LogP contribution in [0.2, 0.25) is 0 Å². The largest absolute Gasteiger partial charge is 0.350 e. The molecule has 4 rings (SSSR count). The van der Waals surface area contributed by atoms with Gasteiger partial charge in [0.05, 0.1) is 33.9 Å². The van der Waals surface area contributed by atoms with Crippen LogP contribution in [0.25, 0.3) is 11.0 Å². The fourth-order valence-electron chi connectivity index (χ4n) is 2.46. The Kier molecular flexibility index (Phi) is 2.77. The van der Waals surface area contributed by atoms with Gasteiger partial charge >= 0.3 is 0 Å². The van der Waals surface area contributed by atoms with Gasteiger partial charge in [0.25, 0.3) is 0 Å². The molecule has 0 radical (unpaired) electrons. The lowest BCUT2D eigenvalue weighted by Gasteiger charge is -2.09. The molecule has 1 fully saturated rings. The Bertz CT molecular complexity index is 756. The highest BCUT2D eigenvalue weighted by Crippen LogP contribution is 2.40. The van der Waals surface area contributed by atoms with Crippen molar-refractivity contribution in [3.8, 4) is 0 Å². The Hall–Kier alpha value is -1.82. The topological polar surface area (TPSA) is 58.5 Å². The number of aromatic nitrogens is 4. The number of nitrogens with one attached hydrogen (secondary N) is 2. The molecule has 1 aromatic carbocycles. The number of fused-ring (bicyclic) bond motifs is 1. The quantitative estimate of drug-likeness (QED) is 0.769. The Labute approximate surface area is 124 Å². The molecule has 2 aromatic heterocycles. The number of aromatic amines is 1. The molecule has 2 N–H and O–H groups in total. The van der Waals surface area contributed by atoms with E-state index in [1.54, 1.807) is 6.20 Å². The third-order valence-electron chi connectivity index (χ3n) is 3.60. The second-order valence-corrected chi connectivity index (χ2v) is 5.93. The summed E-state index contributed by atoms with van der Waals surface area (Å²) in [6.45, 7) is 0.677. The molecule has 0 saturated heterocycles. The molecule has 1 aliphatic rings. The fraction of sp³-hybridized carbons (Fsp3) is 0.286. The number of imidazole rings is 1. The summed E-state index contributed by atoms with van der Waals surface area (Å²) in [6.07, 6.45) is 4.24. The van der Waals surface area contributed by atoms with Crippen LogP contribution < -0.4 is 5.32 Å². The van der Waals surface area contributed by atoms with Crippen LogP contribution >= 0.6 is 15.9 Å². The first kappa shape index (κ1) is 12.0. The summed E-state index contributed by atoms with van der Waals surface area (Å²) in [6, 6.07) is 8.89. The maximum Gasteiger partial charge on any atom is 0.204 e. The monoisotopic (exact) mass is 331 g/mol. The lowest BCUT2D eigenvalue weighted by Crippen LogP contribution is -2.07. The second kappa shape index (κ2) is 4.63.